The molecule has 7 atom stereocenters. The highest BCUT2D eigenvalue weighted by molar-refractivity contribution is 5.91. The molecule has 298 valence electrons. The number of benzene rings is 4. The summed E-state index contributed by atoms with van der Waals surface area (Å²) in [4.78, 5) is 53.4. The van der Waals surface area contributed by atoms with E-state index in [1.54, 1.807) is 84.9 Å². The maximum atomic E-state index is 13.6. The molecule has 1 aliphatic heterocycles. The second-order valence-corrected chi connectivity index (χ2v) is 16.6. The maximum Gasteiger partial charge on any atom is 0.338 e. The molecule has 9 nitrogen and oxygen atoms in total. The van der Waals surface area contributed by atoms with Gasteiger partial charge < -0.3 is 23.7 Å². The molecule has 2 saturated carbocycles. The van der Waals surface area contributed by atoms with Crippen molar-refractivity contribution in [2.24, 2.45) is 22.7 Å². The molecule has 2 aliphatic carbocycles. The Morgan fingerprint density at radius 3 is 1.58 bits per heavy atom. The number of rotatable bonds is 12. The van der Waals surface area contributed by atoms with Crippen LogP contribution in [0.1, 0.15) is 107 Å². The lowest BCUT2D eigenvalue weighted by atomic mass is 9.43. The summed E-state index contributed by atoms with van der Waals surface area (Å²) >= 11 is 0. The average molecular weight is 773 g/mol. The summed E-state index contributed by atoms with van der Waals surface area (Å²) in [6, 6.07) is 35.6. The Morgan fingerprint density at radius 2 is 1.05 bits per heavy atom. The van der Waals surface area contributed by atoms with Gasteiger partial charge in [-0.15, -0.1) is 0 Å². The van der Waals surface area contributed by atoms with Gasteiger partial charge in [-0.25, -0.2) is 19.2 Å². The van der Waals surface area contributed by atoms with Crippen LogP contribution < -0.4 is 0 Å². The predicted octanol–water partition coefficient (Wildman–Crippen LogP) is 9.31. The lowest BCUT2D eigenvalue weighted by Crippen LogP contribution is -2.67. The Hall–Kier alpha value is -5.28. The monoisotopic (exact) mass is 772 g/mol. The minimum absolute atomic E-state index is 0.0118. The van der Waals surface area contributed by atoms with Crippen molar-refractivity contribution in [3.05, 3.63) is 144 Å². The third-order valence-corrected chi connectivity index (χ3v) is 13.3. The van der Waals surface area contributed by atoms with Gasteiger partial charge in [0.2, 0.25) is 0 Å². The van der Waals surface area contributed by atoms with Crippen molar-refractivity contribution in [1.82, 2.24) is 0 Å². The standard InChI is InChI=1S/C48H52O9/c1-34-24-25-39-45(2,32-54-42(50)36-18-10-5-11-19-36)40(56-44(52)38-22-14-7-15-23-38)26-27-46(39,3)48(34)29-28-47(57-48,33-55-43(51)37-20-12-6-13-21-37)30-31-53-41(49)35-16-8-4-9-17-35/h4-23,34,39-40H,24-33H2,1-3H3/t34-,39+,40+,45+,46+,47-,48-/m1/s1. The first-order chi connectivity index (χ1) is 27.5. The van der Waals surface area contributed by atoms with Gasteiger partial charge in [0.1, 0.15) is 24.9 Å². The number of fused-ring (bicyclic) bond motifs is 2. The van der Waals surface area contributed by atoms with Crippen molar-refractivity contribution in [3.63, 3.8) is 0 Å². The number of carbonyl (C=O) groups is 4. The first-order valence-corrected chi connectivity index (χ1v) is 20.1. The van der Waals surface area contributed by atoms with E-state index >= 15 is 0 Å². The molecule has 0 radical (unpaired) electrons. The van der Waals surface area contributed by atoms with E-state index in [1.165, 1.54) is 0 Å². The normalized spacial score (nSPS) is 29.1. The number of ether oxygens (including phenoxy) is 5. The lowest BCUT2D eigenvalue weighted by Gasteiger charge is -2.65. The van der Waals surface area contributed by atoms with Crippen LogP contribution >= 0.6 is 0 Å². The van der Waals surface area contributed by atoms with E-state index in [9.17, 15) is 19.2 Å². The topological polar surface area (TPSA) is 114 Å². The third-order valence-electron chi connectivity index (χ3n) is 13.3. The summed E-state index contributed by atoms with van der Waals surface area (Å²) in [6.07, 6.45) is 3.92. The molecule has 0 bridgehead atoms. The zero-order valence-corrected chi connectivity index (χ0v) is 33.0. The molecule has 57 heavy (non-hydrogen) atoms. The van der Waals surface area contributed by atoms with E-state index in [2.05, 4.69) is 20.8 Å². The maximum absolute atomic E-state index is 13.6. The molecule has 1 saturated heterocycles. The van der Waals surface area contributed by atoms with E-state index in [4.69, 9.17) is 23.7 Å². The van der Waals surface area contributed by atoms with Gasteiger partial charge in [-0.3, -0.25) is 0 Å². The van der Waals surface area contributed by atoms with Crippen LogP contribution in [0.3, 0.4) is 0 Å². The van der Waals surface area contributed by atoms with Crippen LogP contribution in [0.15, 0.2) is 121 Å². The van der Waals surface area contributed by atoms with E-state index in [0.29, 0.717) is 54.4 Å². The first-order valence-electron chi connectivity index (χ1n) is 20.1. The minimum Gasteiger partial charge on any atom is -0.462 e. The van der Waals surface area contributed by atoms with Crippen LogP contribution in [-0.4, -0.2) is 61.0 Å². The van der Waals surface area contributed by atoms with Crippen LogP contribution in [0.2, 0.25) is 0 Å². The van der Waals surface area contributed by atoms with Crippen LogP contribution in [0.5, 0.6) is 0 Å². The van der Waals surface area contributed by atoms with Gasteiger partial charge in [-0.05, 0) is 98.9 Å². The number of hydrogen-bond donors (Lipinski definition) is 0. The highest BCUT2D eigenvalue weighted by Gasteiger charge is 2.70. The van der Waals surface area contributed by atoms with Crippen molar-refractivity contribution in [2.75, 3.05) is 19.8 Å². The van der Waals surface area contributed by atoms with E-state index in [-0.39, 0.29) is 31.7 Å². The summed E-state index contributed by atoms with van der Waals surface area (Å²) in [5.74, 6) is -1.68. The Morgan fingerprint density at radius 1 is 0.579 bits per heavy atom. The Bertz CT molecular complexity index is 2020. The zero-order chi connectivity index (χ0) is 40.1. The second kappa shape index (κ2) is 16.7. The number of carbonyl (C=O) groups excluding carboxylic acids is 4. The van der Waals surface area contributed by atoms with Crippen LogP contribution in [0, 0.1) is 22.7 Å². The Kier molecular flexibility index (Phi) is 11.7. The van der Waals surface area contributed by atoms with Gasteiger partial charge in [0.05, 0.1) is 34.5 Å². The molecular weight excluding hydrogens is 721 g/mol. The molecule has 0 N–H and O–H groups in total. The number of esters is 4. The van der Waals surface area contributed by atoms with Crippen molar-refractivity contribution in [2.45, 2.75) is 83.0 Å². The highest BCUT2D eigenvalue weighted by atomic mass is 16.6. The molecule has 0 aromatic heterocycles. The molecule has 0 unspecified atom stereocenters. The van der Waals surface area contributed by atoms with Gasteiger partial charge in [0.25, 0.3) is 0 Å². The molecule has 0 amide bonds. The zero-order valence-electron chi connectivity index (χ0n) is 33.0. The van der Waals surface area contributed by atoms with Crippen molar-refractivity contribution < 1.29 is 42.9 Å². The van der Waals surface area contributed by atoms with Crippen LogP contribution in [-0.2, 0) is 23.7 Å². The molecule has 7 rings (SSSR count). The van der Waals surface area contributed by atoms with Gasteiger partial charge in [0, 0.05) is 17.3 Å². The fourth-order valence-corrected chi connectivity index (χ4v) is 10.1. The van der Waals surface area contributed by atoms with Gasteiger partial charge >= 0.3 is 23.9 Å². The smallest absolute Gasteiger partial charge is 0.338 e. The highest BCUT2D eigenvalue weighted by Crippen LogP contribution is 2.68. The van der Waals surface area contributed by atoms with Gasteiger partial charge in [-0.1, -0.05) is 93.6 Å². The van der Waals surface area contributed by atoms with E-state index in [0.717, 1.165) is 12.8 Å². The second-order valence-electron chi connectivity index (χ2n) is 16.6. The minimum atomic E-state index is -0.937. The molecule has 4 aromatic carbocycles. The molecule has 9 heteroatoms. The van der Waals surface area contributed by atoms with Gasteiger partial charge in [-0.2, -0.15) is 0 Å². The number of hydrogen-bond acceptors (Lipinski definition) is 9. The van der Waals surface area contributed by atoms with Crippen LogP contribution in [0.25, 0.3) is 0 Å². The quantitative estimate of drug-likeness (QED) is 0.103. The molecule has 4 aromatic rings. The Balaban J connectivity index is 1.18. The van der Waals surface area contributed by atoms with E-state index < -0.39 is 52.0 Å². The van der Waals surface area contributed by atoms with Crippen molar-refractivity contribution in [1.29, 1.82) is 0 Å². The SMILES string of the molecule is C[C@@H]1CC[C@H]2[C@](C)(COC(=O)c3ccccc3)[C@@H](OC(=O)c3ccccc3)CC[C@]2(C)[C@@]12CC[C@@](CCOC(=O)c1ccccc1)(COC(=O)c1ccccc1)O2. The summed E-state index contributed by atoms with van der Waals surface area (Å²) in [7, 11) is 0. The largest absolute Gasteiger partial charge is 0.462 e. The molecular formula is C48H52O9. The summed E-state index contributed by atoms with van der Waals surface area (Å²) in [5, 5.41) is 0. The average Bonchev–Trinajstić information content (AvgIpc) is 3.64. The predicted molar refractivity (Wildman–Crippen MR) is 214 cm³/mol. The fourth-order valence-electron chi connectivity index (χ4n) is 10.1. The Labute approximate surface area is 335 Å². The molecule has 1 heterocycles. The van der Waals surface area contributed by atoms with E-state index in [1.807, 2.05) is 36.4 Å². The summed E-state index contributed by atoms with van der Waals surface area (Å²) in [6.45, 7) is 6.72. The van der Waals surface area contributed by atoms with Crippen LogP contribution in [0.4, 0.5) is 0 Å². The van der Waals surface area contributed by atoms with Crippen molar-refractivity contribution in [3.8, 4) is 0 Å². The third kappa shape index (κ3) is 7.99. The summed E-state index contributed by atoms with van der Waals surface area (Å²) in [5.41, 5.74) is -1.02. The fraction of sp³-hybridized carbons (Fsp3) is 0.417. The molecule has 1 spiro atoms. The molecule has 3 fully saturated rings. The first kappa shape index (κ1) is 39.9. The van der Waals surface area contributed by atoms with Crippen molar-refractivity contribution >= 4 is 23.9 Å². The summed E-state index contributed by atoms with van der Waals surface area (Å²) < 4.78 is 31.9. The lowest BCUT2D eigenvalue weighted by molar-refractivity contribution is -0.271. The van der Waals surface area contributed by atoms with Gasteiger partial charge in [0.15, 0.2) is 0 Å². The molecule has 3 aliphatic rings.